The number of halogens is 1. The van der Waals surface area contributed by atoms with E-state index < -0.39 is 10.0 Å². The largest absolute Gasteiger partial charge is 0.352 e. The smallest absolute Gasteiger partial charge is 0.238 e. The number of nitrogens with one attached hydrogen (secondary N) is 2. The molecule has 0 aliphatic rings. The Balaban J connectivity index is 0.00000324. The lowest BCUT2D eigenvalue weighted by molar-refractivity contribution is -0.121. The van der Waals surface area contributed by atoms with Crippen molar-refractivity contribution in [3.05, 3.63) is 29.8 Å². The number of carbonyl (C=O) groups excluding carboxylic acids is 1. The Hall–Kier alpha value is -1.15. The molecule has 0 radical (unpaired) electrons. The molecule has 6 nitrogen and oxygen atoms in total. The van der Waals surface area contributed by atoms with Gasteiger partial charge in [-0.1, -0.05) is 12.1 Å². The predicted octanol–water partition coefficient (Wildman–Crippen LogP) is -0.0185. The van der Waals surface area contributed by atoms with Crippen LogP contribution in [0.25, 0.3) is 0 Å². The van der Waals surface area contributed by atoms with E-state index in [2.05, 4.69) is 10.6 Å². The van der Waals surface area contributed by atoms with Crippen LogP contribution in [-0.4, -0.2) is 27.9 Å². The number of benzene rings is 1. The first-order valence-corrected chi connectivity index (χ1v) is 7.01. The van der Waals surface area contributed by atoms with Gasteiger partial charge in [-0.25, -0.2) is 13.6 Å². The van der Waals surface area contributed by atoms with Gasteiger partial charge in [0.25, 0.3) is 0 Å². The van der Waals surface area contributed by atoms with Crippen LogP contribution in [0.1, 0.15) is 12.0 Å². The first-order chi connectivity index (χ1) is 8.43. The number of hydrogen-bond acceptors (Lipinski definition) is 4. The number of amides is 1. The van der Waals surface area contributed by atoms with Crippen molar-refractivity contribution in [1.29, 1.82) is 0 Å². The van der Waals surface area contributed by atoms with Crippen LogP contribution in [0, 0.1) is 0 Å². The van der Waals surface area contributed by atoms with Gasteiger partial charge in [0.1, 0.15) is 0 Å². The molecule has 0 saturated carbocycles. The third-order valence-electron chi connectivity index (χ3n) is 2.32. The molecule has 0 bridgehead atoms. The molecule has 0 aromatic heterocycles. The van der Waals surface area contributed by atoms with E-state index in [-0.39, 0.29) is 29.8 Å². The number of sulfonamides is 1. The van der Waals surface area contributed by atoms with E-state index in [4.69, 9.17) is 5.14 Å². The molecule has 4 N–H and O–H groups in total. The van der Waals surface area contributed by atoms with Crippen LogP contribution in [0.15, 0.2) is 29.2 Å². The van der Waals surface area contributed by atoms with Gasteiger partial charge in [0, 0.05) is 19.5 Å². The van der Waals surface area contributed by atoms with Gasteiger partial charge in [0.15, 0.2) is 0 Å². The monoisotopic (exact) mass is 307 g/mol. The molecule has 0 fully saturated rings. The maximum atomic E-state index is 11.4. The van der Waals surface area contributed by atoms with Crippen molar-refractivity contribution in [2.75, 3.05) is 13.6 Å². The van der Waals surface area contributed by atoms with Crippen molar-refractivity contribution < 1.29 is 13.2 Å². The summed E-state index contributed by atoms with van der Waals surface area (Å²) in [4.78, 5) is 11.4. The molecule has 108 valence electrons. The van der Waals surface area contributed by atoms with Crippen LogP contribution in [0.4, 0.5) is 0 Å². The summed E-state index contributed by atoms with van der Waals surface area (Å²) in [7, 11) is -1.93. The Morgan fingerprint density at radius 2 is 2.05 bits per heavy atom. The van der Waals surface area contributed by atoms with Crippen molar-refractivity contribution in [2.45, 2.75) is 17.9 Å². The summed E-state index contributed by atoms with van der Waals surface area (Å²) >= 11 is 0. The highest BCUT2D eigenvalue weighted by atomic mass is 35.5. The predicted molar refractivity (Wildman–Crippen MR) is 75.5 cm³/mol. The molecule has 1 aromatic rings. The number of carbonyl (C=O) groups is 1. The van der Waals surface area contributed by atoms with Crippen LogP contribution < -0.4 is 15.8 Å². The second-order valence-corrected chi connectivity index (χ2v) is 5.38. The molecule has 19 heavy (non-hydrogen) atoms. The molecule has 0 heterocycles. The Kier molecular flexibility index (Phi) is 7.62. The minimum absolute atomic E-state index is 0. The molecule has 0 unspecified atom stereocenters. The van der Waals surface area contributed by atoms with Gasteiger partial charge in [-0.2, -0.15) is 0 Å². The maximum absolute atomic E-state index is 11.4. The van der Waals surface area contributed by atoms with Crippen molar-refractivity contribution in [3.8, 4) is 0 Å². The molecule has 0 atom stereocenters. The van der Waals surface area contributed by atoms with Crippen molar-refractivity contribution in [2.24, 2.45) is 5.14 Å². The Bertz CT molecular complexity index is 520. The summed E-state index contributed by atoms with van der Waals surface area (Å²) in [5.41, 5.74) is 0.694. The van der Waals surface area contributed by atoms with E-state index in [0.29, 0.717) is 18.5 Å². The Labute approximate surface area is 119 Å². The molecule has 0 aliphatic heterocycles. The molecule has 0 spiro atoms. The highest BCUT2D eigenvalue weighted by Gasteiger charge is 2.08. The fourth-order valence-electron chi connectivity index (χ4n) is 1.36. The second-order valence-electron chi connectivity index (χ2n) is 3.82. The Morgan fingerprint density at radius 1 is 1.37 bits per heavy atom. The molecule has 1 aromatic carbocycles. The molecule has 1 amide bonds. The second kappa shape index (κ2) is 8.11. The molecule has 8 heteroatoms. The van der Waals surface area contributed by atoms with Crippen LogP contribution >= 0.6 is 12.4 Å². The molecule has 0 aliphatic carbocycles. The van der Waals surface area contributed by atoms with Crippen LogP contribution in [-0.2, 0) is 21.4 Å². The standard InChI is InChI=1S/C11H17N3O3S.ClH/c1-13-6-5-11(15)14-8-9-3-2-4-10(7-9)18(12,16)17;/h2-4,7,13H,5-6,8H2,1H3,(H,14,15)(H2,12,16,17);1H. The number of primary sulfonamides is 1. The van der Waals surface area contributed by atoms with Gasteiger partial charge < -0.3 is 10.6 Å². The van der Waals surface area contributed by atoms with Crippen LogP contribution in [0.3, 0.4) is 0 Å². The van der Waals surface area contributed by atoms with E-state index in [0.717, 1.165) is 0 Å². The van der Waals surface area contributed by atoms with Crippen LogP contribution in [0.2, 0.25) is 0 Å². The number of rotatable bonds is 6. The van der Waals surface area contributed by atoms with Gasteiger partial charge in [-0.15, -0.1) is 12.4 Å². The summed E-state index contributed by atoms with van der Waals surface area (Å²) in [5.74, 6) is -0.0923. The van der Waals surface area contributed by atoms with Gasteiger partial charge in [0.05, 0.1) is 4.90 Å². The highest BCUT2D eigenvalue weighted by Crippen LogP contribution is 2.09. The van der Waals surface area contributed by atoms with Gasteiger partial charge in [-0.3, -0.25) is 4.79 Å². The Morgan fingerprint density at radius 3 is 2.63 bits per heavy atom. The summed E-state index contributed by atoms with van der Waals surface area (Å²) in [5, 5.41) is 10.6. The highest BCUT2D eigenvalue weighted by molar-refractivity contribution is 7.89. The van der Waals surface area contributed by atoms with Crippen molar-refractivity contribution >= 4 is 28.3 Å². The maximum Gasteiger partial charge on any atom is 0.238 e. The van der Waals surface area contributed by atoms with Crippen molar-refractivity contribution in [1.82, 2.24) is 10.6 Å². The summed E-state index contributed by atoms with van der Waals surface area (Å²) < 4.78 is 22.3. The fourth-order valence-corrected chi connectivity index (χ4v) is 1.94. The fraction of sp³-hybridized carbons (Fsp3) is 0.364. The van der Waals surface area contributed by atoms with Gasteiger partial charge in [0.2, 0.25) is 15.9 Å². The van der Waals surface area contributed by atoms with E-state index in [1.54, 1.807) is 19.2 Å². The quantitative estimate of drug-likeness (QED) is 0.687. The van der Waals surface area contributed by atoms with Gasteiger partial charge in [-0.05, 0) is 24.7 Å². The van der Waals surface area contributed by atoms with E-state index >= 15 is 0 Å². The first-order valence-electron chi connectivity index (χ1n) is 5.46. The van der Waals surface area contributed by atoms with Gasteiger partial charge >= 0.3 is 0 Å². The van der Waals surface area contributed by atoms with E-state index in [9.17, 15) is 13.2 Å². The van der Waals surface area contributed by atoms with E-state index in [1.165, 1.54) is 12.1 Å². The summed E-state index contributed by atoms with van der Waals surface area (Å²) in [6, 6.07) is 6.19. The molecule has 0 saturated heterocycles. The lowest BCUT2D eigenvalue weighted by Gasteiger charge is -2.06. The third-order valence-corrected chi connectivity index (χ3v) is 3.23. The van der Waals surface area contributed by atoms with Crippen LogP contribution in [0.5, 0.6) is 0 Å². The SMILES string of the molecule is CNCCC(=O)NCc1cccc(S(N)(=O)=O)c1.Cl. The third kappa shape index (κ3) is 6.53. The number of hydrogen-bond donors (Lipinski definition) is 3. The molecular formula is C11H18ClN3O3S. The summed E-state index contributed by atoms with van der Waals surface area (Å²) in [6.07, 6.45) is 0.380. The minimum atomic E-state index is -3.70. The lowest BCUT2D eigenvalue weighted by Crippen LogP contribution is -2.26. The minimum Gasteiger partial charge on any atom is -0.352 e. The van der Waals surface area contributed by atoms with E-state index in [1.807, 2.05) is 0 Å². The first kappa shape index (κ1) is 17.8. The zero-order valence-corrected chi connectivity index (χ0v) is 12.2. The summed E-state index contributed by atoms with van der Waals surface area (Å²) in [6.45, 7) is 0.884. The average molecular weight is 308 g/mol. The molecular weight excluding hydrogens is 290 g/mol. The number of nitrogens with two attached hydrogens (primary N) is 1. The topological polar surface area (TPSA) is 101 Å². The van der Waals surface area contributed by atoms with Crippen molar-refractivity contribution in [3.63, 3.8) is 0 Å². The normalized spacial score (nSPS) is 10.6. The lowest BCUT2D eigenvalue weighted by atomic mass is 10.2. The zero-order valence-electron chi connectivity index (χ0n) is 10.5. The average Bonchev–Trinajstić information content (AvgIpc) is 2.33. The zero-order chi connectivity index (χ0) is 13.6. The molecule has 1 rings (SSSR count).